The number of nitrogens with zero attached hydrogens (tertiary/aromatic N) is 2. The number of aromatic amines is 1. The lowest BCUT2D eigenvalue weighted by Crippen LogP contribution is -2.16. The van der Waals surface area contributed by atoms with Crippen molar-refractivity contribution in [2.45, 2.75) is 13.1 Å². The SMILES string of the molecule is Cc1nc(C(F)(F)F)ccc1C(=O)Nc1scc(-c2nc3ccccc3[nH]2)c1Cl. The fourth-order valence-electron chi connectivity index (χ4n) is 2.80. The third kappa shape index (κ3) is 3.70. The Morgan fingerprint density at radius 3 is 2.62 bits per heavy atom. The first-order valence-corrected chi connectivity index (χ1v) is 9.58. The molecule has 0 radical (unpaired) electrons. The number of nitrogens with one attached hydrogen (secondary N) is 2. The van der Waals surface area contributed by atoms with E-state index in [0.717, 1.165) is 23.2 Å². The first kappa shape index (κ1) is 19.4. The highest BCUT2D eigenvalue weighted by Crippen LogP contribution is 2.39. The summed E-state index contributed by atoms with van der Waals surface area (Å²) in [6, 6.07) is 9.37. The Bertz CT molecular complexity index is 1200. The molecule has 1 aromatic carbocycles. The summed E-state index contributed by atoms with van der Waals surface area (Å²) in [5, 5.41) is 5.04. The number of carbonyl (C=O) groups is 1. The smallest absolute Gasteiger partial charge is 0.338 e. The van der Waals surface area contributed by atoms with Gasteiger partial charge in [0.15, 0.2) is 0 Å². The zero-order valence-electron chi connectivity index (χ0n) is 14.8. The van der Waals surface area contributed by atoms with Gasteiger partial charge in [0.2, 0.25) is 0 Å². The van der Waals surface area contributed by atoms with Crippen molar-refractivity contribution in [3.63, 3.8) is 0 Å². The summed E-state index contributed by atoms with van der Waals surface area (Å²) in [7, 11) is 0. The number of para-hydroxylation sites is 2. The van der Waals surface area contributed by atoms with Crippen LogP contribution in [0.2, 0.25) is 5.02 Å². The Morgan fingerprint density at radius 1 is 1.17 bits per heavy atom. The van der Waals surface area contributed by atoms with Gasteiger partial charge in [0, 0.05) is 10.9 Å². The van der Waals surface area contributed by atoms with Gasteiger partial charge in [-0.2, -0.15) is 13.2 Å². The molecule has 2 N–H and O–H groups in total. The quantitative estimate of drug-likeness (QED) is 0.419. The van der Waals surface area contributed by atoms with E-state index in [-0.39, 0.29) is 11.3 Å². The summed E-state index contributed by atoms with van der Waals surface area (Å²) in [6.07, 6.45) is -4.57. The molecule has 4 rings (SSSR count). The van der Waals surface area contributed by atoms with Crippen LogP contribution in [0.5, 0.6) is 0 Å². The maximum Gasteiger partial charge on any atom is 0.433 e. The number of amides is 1. The van der Waals surface area contributed by atoms with Crippen LogP contribution in [0.4, 0.5) is 18.2 Å². The summed E-state index contributed by atoms with van der Waals surface area (Å²) in [5.41, 5.74) is 1.21. The molecule has 148 valence electrons. The molecule has 0 saturated carbocycles. The molecule has 3 heterocycles. The topological polar surface area (TPSA) is 70.7 Å². The molecule has 0 fully saturated rings. The highest BCUT2D eigenvalue weighted by atomic mass is 35.5. The normalized spacial score (nSPS) is 11.8. The van der Waals surface area contributed by atoms with Crippen molar-refractivity contribution in [2.24, 2.45) is 0 Å². The molecule has 0 aliphatic heterocycles. The first-order chi connectivity index (χ1) is 13.7. The number of anilines is 1. The number of carbonyl (C=O) groups excluding carboxylic acids is 1. The molecule has 3 aromatic heterocycles. The van der Waals surface area contributed by atoms with E-state index in [9.17, 15) is 18.0 Å². The molecule has 0 bridgehead atoms. The maximum absolute atomic E-state index is 12.8. The van der Waals surface area contributed by atoms with Crippen LogP contribution >= 0.6 is 22.9 Å². The number of H-pyrrole nitrogens is 1. The summed E-state index contributed by atoms with van der Waals surface area (Å²) in [4.78, 5) is 23.6. The minimum Gasteiger partial charge on any atom is -0.338 e. The molecule has 0 aliphatic carbocycles. The minimum atomic E-state index is -4.57. The summed E-state index contributed by atoms with van der Waals surface area (Å²) >= 11 is 7.61. The van der Waals surface area contributed by atoms with Crippen molar-refractivity contribution in [2.75, 3.05) is 5.32 Å². The van der Waals surface area contributed by atoms with E-state index in [1.165, 1.54) is 18.3 Å². The predicted molar refractivity (Wildman–Crippen MR) is 106 cm³/mol. The molecule has 5 nitrogen and oxygen atoms in total. The van der Waals surface area contributed by atoms with Crippen LogP contribution in [0.25, 0.3) is 22.4 Å². The average molecular weight is 437 g/mol. The minimum absolute atomic E-state index is 0.0255. The molecule has 0 atom stereocenters. The number of thiophene rings is 1. The van der Waals surface area contributed by atoms with Gasteiger partial charge in [0.05, 0.1) is 27.3 Å². The fourth-order valence-corrected chi connectivity index (χ4v) is 4.02. The van der Waals surface area contributed by atoms with Gasteiger partial charge < -0.3 is 10.3 Å². The van der Waals surface area contributed by atoms with E-state index in [0.29, 0.717) is 21.4 Å². The molecule has 29 heavy (non-hydrogen) atoms. The third-order valence-electron chi connectivity index (χ3n) is 4.22. The van der Waals surface area contributed by atoms with Gasteiger partial charge in [0.1, 0.15) is 16.5 Å². The van der Waals surface area contributed by atoms with Crippen molar-refractivity contribution < 1.29 is 18.0 Å². The summed E-state index contributed by atoms with van der Waals surface area (Å²) < 4.78 is 38.3. The van der Waals surface area contributed by atoms with Gasteiger partial charge in [-0.3, -0.25) is 4.79 Å². The summed E-state index contributed by atoms with van der Waals surface area (Å²) in [6.45, 7) is 1.35. The number of hydrogen-bond acceptors (Lipinski definition) is 4. The molecule has 0 saturated heterocycles. The number of fused-ring (bicyclic) bond motifs is 1. The van der Waals surface area contributed by atoms with Gasteiger partial charge in [0.25, 0.3) is 5.91 Å². The maximum atomic E-state index is 12.8. The van der Waals surface area contributed by atoms with E-state index in [2.05, 4.69) is 20.3 Å². The van der Waals surface area contributed by atoms with Crippen molar-refractivity contribution in [3.05, 3.63) is 63.8 Å². The molecule has 1 amide bonds. The second kappa shape index (κ2) is 7.16. The van der Waals surface area contributed by atoms with Crippen molar-refractivity contribution in [1.29, 1.82) is 0 Å². The average Bonchev–Trinajstić information content (AvgIpc) is 3.24. The number of hydrogen-bond donors (Lipinski definition) is 2. The number of imidazole rings is 1. The van der Waals surface area contributed by atoms with Gasteiger partial charge in [-0.05, 0) is 31.2 Å². The predicted octanol–water partition coefficient (Wildman–Crippen LogP) is 5.92. The van der Waals surface area contributed by atoms with Crippen LogP contribution in [0.1, 0.15) is 21.7 Å². The molecule has 0 spiro atoms. The Labute approximate surface area is 171 Å². The van der Waals surface area contributed by atoms with Crippen LogP contribution in [-0.2, 0) is 6.18 Å². The number of benzene rings is 1. The molecule has 10 heteroatoms. The van der Waals surface area contributed by atoms with E-state index in [1.807, 2.05) is 24.3 Å². The number of aryl methyl sites for hydroxylation is 1. The number of halogens is 4. The lowest BCUT2D eigenvalue weighted by Gasteiger charge is -2.10. The van der Waals surface area contributed by atoms with Gasteiger partial charge in [-0.1, -0.05) is 23.7 Å². The van der Waals surface area contributed by atoms with Gasteiger partial charge in [-0.15, -0.1) is 11.3 Å². The van der Waals surface area contributed by atoms with Crippen LogP contribution in [-0.4, -0.2) is 20.9 Å². The zero-order chi connectivity index (χ0) is 20.8. The van der Waals surface area contributed by atoms with Crippen molar-refractivity contribution in [3.8, 4) is 11.4 Å². The van der Waals surface area contributed by atoms with E-state index in [4.69, 9.17) is 11.6 Å². The van der Waals surface area contributed by atoms with Gasteiger partial charge >= 0.3 is 6.18 Å². The van der Waals surface area contributed by atoms with Crippen LogP contribution in [0.15, 0.2) is 41.8 Å². The first-order valence-electron chi connectivity index (χ1n) is 8.32. The largest absolute Gasteiger partial charge is 0.433 e. The van der Waals surface area contributed by atoms with Gasteiger partial charge in [-0.25, -0.2) is 9.97 Å². The van der Waals surface area contributed by atoms with Crippen molar-refractivity contribution in [1.82, 2.24) is 15.0 Å². The third-order valence-corrected chi connectivity index (χ3v) is 5.62. The number of aromatic nitrogens is 3. The molecule has 0 unspecified atom stereocenters. The fraction of sp³-hybridized carbons (Fsp3) is 0.105. The second-order valence-electron chi connectivity index (χ2n) is 6.18. The number of pyridine rings is 1. The standard InChI is InChI=1S/C19H12ClF3N4OS/c1-9-10(6-7-14(24-9)19(21,22)23)17(28)27-18-15(20)11(8-29-18)16-25-12-4-2-3-5-13(12)26-16/h2-8H,1H3,(H,25,26)(H,27,28). The van der Waals surface area contributed by atoms with Crippen LogP contribution < -0.4 is 5.32 Å². The lowest BCUT2D eigenvalue weighted by molar-refractivity contribution is -0.141. The Kier molecular flexibility index (Phi) is 4.79. The van der Waals surface area contributed by atoms with E-state index >= 15 is 0 Å². The Morgan fingerprint density at radius 2 is 1.93 bits per heavy atom. The highest BCUT2D eigenvalue weighted by Gasteiger charge is 2.33. The van der Waals surface area contributed by atoms with Crippen LogP contribution in [0.3, 0.4) is 0 Å². The summed E-state index contributed by atoms with van der Waals surface area (Å²) in [5.74, 6) is -0.0380. The highest BCUT2D eigenvalue weighted by molar-refractivity contribution is 7.15. The Hall–Kier alpha value is -2.91. The monoisotopic (exact) mass is 436 g/mol. The Balaban J connectivity index is 1.60. The molecule has 0 aliphatic rings. The molecule has 4 aromatic rings. The lowest BCUT2D eigenvalue weighted by atomic mass is 10.1. The number of alkyl halides is 3. The van der Waals surface area contributed by atoms with E-state index < -0.39 is 17.8 Å². The number of rotatable bonds is 3. The second-order valence-corrected chi connectivity index (χ2v) is 7.43. The van der Waals surface area contributed by atoms with E-state index in [1.54, 1.807) is 5.38 Å². The molecular formula is C19H12ClF3N4OS. The van der Waals surface area contributed by atoms with Crippen LogP contribution in [0, 0.1) is 6.92 Å². The zero-order valence-corrected chi connectivity index (χ0v) is 16.3. The molecular weight excluding hydrogens is 425 g/mol. The van der Waals surface area contributed by atoms with Crippen molar-refractivity contribution >= 4 is 44.9 Å².